The van der Waals surface area contributed by atoms with Crippen molar-refractivity contribution in [1.29, 1.82) is 0 Å². The van der Waals surface area contributed by atoms with Crippen LogP contribution in [0.5, 0.6) is 0 Å². The van der Waals surface area contributed by atoms with Gasteiger partial charge in [-0.15, -0.1) is 0 Å². The summed E-state index contributed by atoms with van der Waals surface area (Å²) in [7, 11) is 0. The topological polar surface area (TPSA) is 117 Å². The Morgan fingerprint density at radius 1 is 1.35 bits per heavy atom. The SMILES string of the molecule is C[C@H](Nc1ncc(C(N)=O)[nH]1)c1cc2cc(Cl)c(C3CC3)cc2[nH]c1=O. The Morgan fingerprint density at radius 2 is 2.12 bits per heavy atom. The number of imidazole rings is 1. The number of aromatic amines is 2. The standard InChI is InChI=1S/C18H18ClN5O2/c1-8(22-18-21-7-15(24-18)16(20)25)11-4-10-5-13(19)12(9-2-3-9)6-14(10)23-17(11)26/h4-9H,2-3H2,1H3,(H2,20,25)(H,23,26)(H2,21,22,24)/t8-/m0/s1. The molecule has 0 spiro atoms. The number of hydrogen-bond donors (Lipinski definition) is 4. The molecule has 3 aromatic rings. The van der Waals surface area contributed by atoms with E-state index in [1.165, 1.54) is 6.20 Å². The smallest absolute Gasteiger partial charge is 0.266 e. The van der Waals surface area contributed by atoms with Crippen LogP contribution in [0.15, 0.2) is 29.2 Å². The summed E-state index contributed by atoms with van der Waals surface area (Å²) in [5.41, 5.74) is 7.65. The van der Waals surface area contributed by atoms with Crippen molar-refractivity contribution >= 4 is 34.4 Å². The first-order valence-electron chi connectivity index (χ1n) is 8.40. The second kappa shape index (κ2) is 6.17. The number of rotatable bonds is 5. The molecule has 0 saturated heterocycles. The number of amides is 1. The number of fused-ring (bicyclic) bond motifs is 1. The van der Waals surface area contributed by atoms with Gasteiger partial charge in [0.1, 0.15) is 5.69 Å². The number of halogens is 1. The molecule has 0 unspecified atom stereocenters. The first kappa shape index (κ1) is 16.7. The third-order valence-corrected chi connectivity index (χ3v) is 5.00. The third-order valence-electron chi connectivity index (χ3n) is 4.67. The molecule has 4 rings (SSSR count). The number of anilines is 1. The maximum absolute atomic E-state index is 12.5. The number of nitrogens with one attached hydrogen (secondary N) is 3. The molecule has 1 aliphatic carbocycles. The number of nitrogens with zero attached hydrogens (tertiary/aromatic N) is 1. The molecule has 0 bridgehead atoms. The van der Waals surface area contributed by atoms with Gasteiger partial charge >= 0.3 is 0 Å². The fourth-order valence-corrected chi connectivity index (χ4v) is 3.42. The van der Waals surface area contributed by atoms with Gasteiger partial charge in [-0.2, -0.15) is 0 Å². The molecule has 2 heterocycles. The minimum atomic E-state index is -0.595. The van der Waals surface area contributed by atoms with E-state index in [4.69, 9.17) is 17.3 Å². The van der Waals surface area contributed by atoms with Crippen molar-refractivity contribution in [2.75, 3.05) is 5.32 Å². The first-order valence-corrected chi connectivity index (χ1v) is 8.78. The third kappa shape index (κ3) is 3.06. The lowest BCUT2D eigenvalue weighted by atomic mass is 10.0. The number of aromatic nitrogens is 3. The summed E-state index contributed by atoms with van der Waals surface area (Å²) < 4.78 is 0. The predicted molar refractivity (Wildman–Crippen MR) is 101 cm³/mol. The number of hydrogen-bond acceptors (Lipinski definition) is 4. The van der Waals surface area contributed by atoms with Crippen molar-refractivity contribution in [3.05, 3.63) is 56.6 Å². The van der Waals surface area contributed by atoms with Crippen LogP contribution in [0.1, 0.15) is 53.3 Å². The van der Waals surface area contributed by atoms with Crippen LogP contribution in [0.4, 0.5) is 5.95 Å². The summed E-state index contributed by atoms with van der Waals surface area (Å²) >= 11 is 6.41. The van der Waals surface area contributed by atoms with Gasteiger partial charge in [-0.3, -0.25) is 9.59 Å². The Bertz CT molecular complexity index is 1070. The van der Waals surface area contributed by atoms with Gasteiger partial charge in [-0.05, 0) is 49.4 Å². The molecule has 26 heavy (non-hydrogen) atoms. The Morgan fingerprint density at radius 3 is 2.77 bits per heavy atom. The van der Waals surface area contributed by atoms with E-state index >= 15 is 0 Å². The molecule has 1 saturated carbocycles. The molecule has 0 radical (unpaired) electrons. The van der Waals surface area contributed by atoms with Crippen LogP contribution in [0.2, 0.25) is 5.02 Å². The lowest BCUT2D eigenvalue weighted by Crippen LogP contribution is -2.20. The predicted octanol–water partition coefficient (Wildman–Crippen LogP) is 3.05. The van der Waals surface area contributed by atoms with Crippen LogP contribution >= 0.6 is 11.6 Å². The fourth-order valence-electron chi connectivity index (χ4n) is 3.09. The van der Waals surface area contributed by atoms with Crippen LogP contribution in [0, 0.1) is 0 Å². The van der Waals surface area contributed by atoms with Crippen molar-refractivity contribution in [2.24, 2.45) is 5.73 Å². The molecule has 2 aromatic heterocycles. The lowest BCUT2D eigenvalue weighted by Gasteiger charge is -2.14. The van der Waals surface area contributed by atoms with E-state index < -0.39 is 5.91 Å². The first-order chi connectivity index (χ1) is 12.4. The summed E-state index contributed by atoms with van der Waals surface area (Å²) in [5.74, 6) is 0.282. The average Bonchev–Trinajstić information content (AvgIpc) is 3.32. The van der Waals surface area contributed by atoms with Crippen molar-refractivity contribution < 1.29 is 4.79 Å². The number of nitrogens with two attached hydrogens (primary N) is 1. The number of primary amides is 1. The van der Waals surface area contributed by atoms with E-state index in [-0.39, 0.29) is 17.3 Å². The van der Waals surface area contributed by atoms with Crippen LogP contribution < -0.4 is 16.6 Å². The van der Waals surface area contributed by atoms with Gasteiger partial charge < -0.3 is 21.0 Å². The van der Waals surface area contributed by atoms with Crippen molar-refractivity contribution in [1.82, 2.24) is 15.0 Å². The number of benzene rings is 1. The summed E-state index contributed by atoms with van der Waals surface area (Å²) in [6, 6.07) is 5.36. The monoisotopic (exact) mass is 371 g/mol. The van der Waals surface area contributed by atoms with Crippen molar-refractivity contribution in [2.45, 2.75) is 31.7 Å². The van der Waals surface area contributed by atoms with Crippen LogP contribution in [-0.2, 0) is 0 Å². The molecule has 1 atom stereocenters. The van der Waals surface area contributed by atoms with E-state index in [1.807, 2.05) is 25.1 Å². The Balaban J connectivity index is 1.66. The highest BCUT2D eigenvalue weighted by Crippen LogP contribution is 2.44. The van der Waals surface area contributed by atoms with Crippen molar-refractivity contribution in [3.63, 3.8) is 0 Å². The zero-order valence-electron chi connectivity index (χ0n) is 14.1. The average molecular weight is 372 g/mol. The molecule has 1 aliphatic rings. The van der Waals surface area contributed by atoms with Gasteiger partial charge in [0.25, 0.3) is 11.5 Å². The molecule has 5 N–H and O–H groups in total. The van der Waals surface area contributed by atoms with Gasteiger partial charge in [0.15, 0.2) is 0 Å². The van der Waals surface area contributed by atoms with E-state index in [0.29, 0.717) is 17.4 Å². The number of H-pyrrole nitrogens is 2. The molecular formula is C18H18ClN5O2. The Kier molecular flexibility index (Phi) is 3.96. The minimum Gasteiger partial charge on any atom is -0.364 e. The normalized spacial score (nSPS) is 15.2. The number of pyridine rings is 1. The molecule has 1 amide bonds. The van der Waals surface area contributed by atoms with Gasteiger partial charge in [0.05, 0.1) is 12.2 Å². The zero-order valence-corrected chi connectivity index (χ0v) is 14.9. The Labute approximate surface area is 154 Å². The van der Waals surface area contributed by atoms with Crippen LogP contribution in [0.25, 0.3) is 10.9 Å². The molecule has 0 aliphatic heterocycles. The maximum Gasteiger partial charge on any atom is 0.266 e. The second-order valence-corrected chi connectivity index (χ2v) is 7.07. The molecule has 8 heteroatoms. The zero-order chi connectivity index (χ0) is 18.4. The van der Waals surface area contributed by atoms with E-state index in [1.54, 1.807) is 0 Å². The largest absolute Gasteiger partial charge is 0.364 e. The quantitative estimate of drug-likeness (QED) is 0.551. The summed E-state index contributed by atoms with van der Waals surface area (Å²) in [6.07, 6.45) is 3.64. The Hall–Kier alpha value is -2.80. The van der Waals surface area contributed by atoms with Gasteiger partial charge in [0.2, 0.25) is 5.95 Å². The summed E-state index contributed by atoms with van der Waals surface area (Å²) in [6.45, 7) is 1.84. The van der Waals surface area contributed by atoms with E-state index in [0.717, 1.165) is 34.3 Å². The second-order valence-electron chi connectivity index (χ2n) is 6.66. The maximum atomic E-state index is 12.5. The highest BCUT2D eigenvalue weighted by atomic mass is 35.5. The van der Waals surface area contributed by atoms with Gasteiger partial charge in [0, 0.05) is 21.5 Å². The molecule has 1 fully saturated rings. The van der Waals surface area contributed by atoms with Crippen LogP contribution in [-0.4, -0.2) is 20.9 Å². The van der Waals surface area contributed by atoms with Gasteiger partial charge in [-0.25, -0.2) is 4.98 Å². The highest BCUT2D eigenvalue weighted by molar-refractivity contribution is 6.32. The van der Waals surface area contributed by atoms with Crippen LogP contribution in [0.3, 0.4) is 0 Å². The summed E-state index contributed by atoms with van der Waals surface area (Å²) in [4.78, 5) is 33.4. The van der Waals surface area contributed by atoms with Crippen molar-refractivity contribution in [3.8, 4) is 0 Å². The van der Waals surface area contributed by atoms with Gasteiger partial charge in [-0.1, -0.05) is 11.6 Å². The number of carbonyl (C=O) groups excluding carboxylic acids is 1. The highest BCUT2D eigenvalue weighted by Gasteiger charge is 2.26. The van der Waals surface area contributed by atoms with E-state index in [9.17, 15) is 9.59 Å². The molecule has 7 nitrogen and oxygen atoms in total. The molecule has 1 aromatic carbocycles. The fraction of sp³-hybridized carbons (Fsp3) is 0.278. The number of carbonyl (C=O) groups is 1. The molecular weight excluding hydrogens is 354 g/mol. The minimum absolute atomic E-state index is 0.178. The van der Waals surface area contributed by atoms with E-state index in [2.05, 4.69) is 20.3 Å². The lowest BCUT2D eigenvalue weighted by molar-refractivity contribution is 0.0996. The molecule has 134 valence electrons. The summed E-state index contributed by atoms with van der Waals surface area (Å²) in [5, 5.41) is 4.67.